The number of fused-ring (bicyclic) bond motifs is 3. The lowest BCUT2D eigenvalue weighted by molar-refractivity contribution is -0.140. The predicted molar refractivity (Wildman–Crippen MR) is 63.0 cm³/mol. The summed E-state index contributed by atoms with van der Waals surface area (Å²) in [5.74, 6) is -1.54. The molecule has 7 heteroatoms. The minimum Gasteiger partial charge on any atom is -0.485 e. The van der Waals surface area contributed by atoms with Gasteiger partial charge in [-0.3, -0.25) is 0 Å². The number of hydrogen-bond donors (Lipinski definition) is 1. The average Bonchev–Trinajstić information content (AvgIpc) is 2.68. The monoisotopic (exact) mass is 297 g/mol. The fourth-order valence-corrected chi connectivity index (χ4v) is 2.60. The van der Waals surface area contributed by atoms with Crippen LogP contribution in [0.2, 0.25) is 0 Å². The molecule has 2 heterocycles. The van der Waals surface area contributed by atoms with Crippen molar-refractivity contribution < 1.29 is 22.3 Å². The summed E-state index contributed by atoms with van der Waals surface area (Å²) in [6.45, 7) is 0.770. The Morgan fingerprint density at radius 3 is 2.68 bits per heavy atom. The van der Waals surface area contributed by atoms with Crippen molar-refractivity contribution >= 4 is 12.4 Å². The van der Waals surface area contributed by atoms with Crippen LogP contribution in [0.15, 0.2) is 12.1 Å². The molecule has 1 aromatic carbocycles. The zero-order valence-electron chi connectivity index (χ0n) is 9.76. The van der Waals surface area contributed by atoms with Gasteiger partial charge in [0.25, 0.3) is 0 Å². The summed E-state index contributed by atoms with van der Waals surface area (Å²) in [5, 5.41) is 3.15. The van der Waals surface area contributed by atoms with Crippen LogP contribution in [0.1, 0.15) is 30.0 Å². The van der Waals surface area contributed by atoms with Gasteiger partial charge in [0.1, 0.15) is 6.10 Å². The van der Waals surface area contributed by atoms with Gasteiger partial charge in [-0.15, -0.1) is 12.4 Å². The highest BCUT2D eigenvalue weighted by molar-refractivity contribution is 5.85. The van der Waals surface area contributed by atoms with E-state index in [4.69, 9.17) is 4.74 Å². The van der Waals surface area contributed by atoms with Gasteiger partial charge >= 0.3 is 6.18 Å². The van der Waals surface area contributed by atoms with Gasteiger partial charge in [0, 0.05) is 5.56 Å². The summed E-state index contributed by atoms with van der Waals surface area (Å²) in [6.07, 6.45) is -3.34. The molecule has 2 nitrogen and oxygen atoms in total. The van der Waals surface area contributed by atoms with Crippen molar-refractivity contribution in [2.45, 2.75) is 31.2 Å². The normalized spacial score (nSPS) is 25.1. The molecule has 1 fully saturated rings. The molecule has 2 aliphatic rings. The Morgan fingerprint density at radius 1 is 1.26 bits per heavy atom. The number of piperidine rings is 1. The third kappa shape index (κ3) is 2.27. The lowest BCUT2D eigenvalue weighted by Gasteiger charge is -2.25. The Hall–Kier alpha value is -1.01. The minimum absolute atomic E-state index is 0. The second kappa shape index (κ2) is 4.83. The van der Waals surface area contributed by atoms with E-state index in [2.05, 4.69) is 5.32 Å². The van der Waals surface area contributed by atoms with E-state index in [-0.39, 0.29) is 30.3 Å². The molecule has 19 heavy (non-hydrogen) atoms. The molecule has 0 aliphatic carbocycles. The average molecular weight is 298 g/mol. The lowest BCUT2D eigenvalue weighted by atomic mass is 9.96. The van der Waals surface area contributed by atoms with Crippen molar-refractivity contribution in [1.82, 2.24) is 5.32 Å². The van der Waals surface area contributed by atoms with E-state index in [1.54, 1.807) is 0 Å². The second-order valence-corrected chi connectivity index (χ2v) is 4.57. The standard InChI is InChI=1S/C12H11F4NO.ClH/c13-9-7(12(14,15)16)4-3-6-10-8(18-11(6)9)2-1-5-17-10;/h3-4,8,10,17H,1-2,5H2;1H/t8-,10-;/m0./s1. The maximum Gasteiger partial charge on any atom is 0.419 e. The lowest BCUT2D eigenvalue weighted by Crippen LogP contribution is -2.36. The number of halogens is 5. The molecule has 3 rings (SSSR count). The largest absolute Gasteiger partial charge is 0.485 e. The highest BCUT2D eigenvalue weighted by atomic mass is 35.5. The van der Waals surface area contributed by atoms with Gasteiger partial charge < -0.3 is 10.1 Å². The molecule has 0 aromatic heterocycles. The molecule has 2 aliphatic heterocycles. The van der Waals surface area contributed by atoms with Crippen molar-refractivity contribution in [2.24, 2.45) is 0 Å². The fourth-order valence-electron chi connectivity index (χ4n) is 2.60. The van der Waals surface area contributed by atoms with Gasteiger partial charge in [0.2, 0.25) is 0 Å². The molecular weight excluding hydrogens is 286 g/mol. The zero-order chi connectivity index (χ0) is 12.9. The van der Waals surface area contributed by atoms with Crippen LogP contribution in [0.5, 0.6) is 5.75 Å². The molecule has 2 atom stereocenters. The summed E-state index contributed by atoms with van der Waals surface area (Å²) in [6, 6.07) is 1.91. The first-order valence-electron chi connectivity index (χ1n) is 5.78. The van der Waals surface area contributed by atoms with Crippen LogP contribution in [0.25, 0.3) is 0 Å². The predicted octanol–water partition coefficient (Wildman–Crippen LogP) is 3.45. The van der Waals surface area contributed by atoms with E-state index in [1.807, 2.05) is 0 Å². The Morgan fingerprint density at radius 2 is 2.00 bits per heavy atom. The van der Waals surface area contributed by atoms with Crippen LogP contribution in [-0.4, -0.2) is 12.6 Å². The maximum absolute atomic E-state index is 13.8. The topological polar surface area (TPSA) is 21.3 Å². The van der Waals surface area contributed by atoms with Crippen LogP contribution in [0.3, 0.4) is 0 Å². The number of alkyl halides is 3. The summed E-state index contributed by atoms with van der Waals surface area (Å²) >= 11 is 0. The number of hydrogen-bond acceptors (Lipinski definition) is 2. The first kappa shape index (κ1) is 14.4. The number of ether oxygens (including phenoxy) is 1. The van der Waals surface area contributed by atoms with Crippen LogP contribution in [0.4, 0.5) is 17.6 Å². The van der Waals surface area contributed by atoms with Crippen LogP contribution < -0.4 is 10.1 Å². The van der Waals surface area contributed by atoms with Gasteiger partial charge in [-0.1, -0.05) is 6.07 Å². The molecule has 1 N–H and O–H groups in total. The van der Waals surface area contributed by atoms with Gasteiger partial charge in [-0.25, -0.2) is 4.39 Å². The van der Waals surface area contributed by atoms with E-state index in [0.29, 0.717) is 5.56 Å². The Bertz CT molecular complexity index is 491. The van der Waals surface area contributed by atoms with Crippen molar-refractivity contribution in [2.75, 3.05) is 6.54 Å². The van der Waals surface area contributed by atoms with E-state index in [1.165, 1.54) is 6.07 Å². The first-order chi connectivity index (χ1) is 8.48. The van der Waals surface area contributed by atoms with Crippen LogP contribution in [0, 0.1) is 5.82 Å². The van der Waals surface area contributed by atoms with Gasteiger partial charge in [-0.05, 0) is 25.5 Å². The van der Waals surface area contributed by atoms with Crippen molar-refractivity contribution in [3.8, 4) is 5.75 Å². The molecule has 0 unspecified atom stereocenters. The van der Waals surface area contributed by atoms with Crippen LogP contribution in [-0.2, 0) is 6.18 Å². The minimum atomic E-state index is -4.69. The number of nitrogens with one attached hydrogen (secondary N) is 1. The summed E-state index contributed by atoms with van der Waals surface area (Å²) in [5.41, 5.74) is -0.773. The Kier molecular flexibility index (Phi) is 3.66. The molecular formula is C12H12ClF4NO. The zero-order valence-corrected chi connectivity index (χ0v) is 10.6. The molecule has 106 valence electrons. The summed E-state index contributed by atoms with van der Waals surface area (Å²) < 4.78 is 56.9. The third-order valence-corrected chi connectivity index (χ3v) is 3.44. The summed E-state index contributed by atoms with van der Waals surface area (Å²) in [4.78, 5) is 0. The van der Waals surface area contributed by atoms with Gasteiger partial charge in [0.05, 0.1) is 11.6 Å². The SMILES string of the molecule is Cl.Fc1c(C(F)(F)F)ccc2c1O[C@H]1CCCN[C@@H]21. The highest BCUT2D eigenvalue weighted by Gasteiger charge is 2.42. The highest BCUT2D eigenvalue weighted by Crippen LogP contribution is 2.45. The van der Waals surface area contributed by atoms with Gasteiger partial charge in [0.15, 0.2) is 11.6 Å². The summed E-state index contributed by atoms with van der Waals surface area (Å²) in [7, 11) is 0. The molecule has 1 aromatic rings. The molecule has 0 saturated carbocycles. The van der Waals surface area contributed by atoms with E-state index < -0.39 is 17.6 Å². The molecule has 0 radical (unpaired) electrons. The van der Waals surface area contributed by atoms with Crippen molar-refractivity contribution in [1.29, 1.82) is 0 Å². The van der Waals surface area contributed by atoms with Gasteiger partial charge in [-0.2, -0.15) is 13.2 Å². The fraction of sp³-hybridized carbons (Fsp3) is 0.500. The Labute approximate surface area is 113 Å². The van der Waals surface area contributed by atoms with E-state index in [9.17, 15) is 17.6 Å². The Balaban J connectivity index is 0.00000133. The van der Waals surface area contributed by atoms with Crippen LogP contribution >= 0.6 is 12.4 Å². The first-order valence-corrected chi connectivity index (χ1v) is 5.78. The second-order valence-electron chi connectivity index (χ2n) is 4.57. The van der Waals surface area contributed by atoms with Crippen molar-refractivity contribution in [3.05, 3.63) is 29.1 Å². The van der Waals surface area contributed by atoms with Crippen molar-refractivity contribution in [3.63, 3.8) is 0 Å². The maximum atomic E-state index is 13.8. The smallest absolute Gasteiger partial charge is 0.419 e. The molecule has 0 bridgehead atoms. The van der Waals surface area contributed by atoms with E-state index in [0.717, 1.165) is 25.5 Å². The van der Waals surface area contributed by atoms with E-state index >= 15 is 0 Å². The number of benzene rings is 1. The molecule has 1 saturated heterocycles. The third-order valence-electron chi connectivity index (χ3n) is 3.44. The molecule has 0 amide bonds. The quantitative estimate of drug-likeness (QED) is 0.741. The molecule has 0 spiro atoms. The number of rotatable bonds is 0.